The zero-order valence-corrected chi connectivity index (χ0v) is 13.2. The third kappa shape index (κ3) is 2.54. The molecule has 1 aromatic rings. The molecule has 1 amide bonds. The van der Waals surface area contributed by atoms with Crippen LogP contribution >= 0.6 is 0 Å². The van der Waals surface area contributed by atoms with Gasteiger partial charge in [0.15, 0.2) is 0 Å². The molecule has 2 aliphatic rings. The van der Waals surface area contributed by atoms with Gasteiger partial charge in [-0.1, -0.05) is 26.7 Å². The van der Waals surface area contributed by atoms with Crippen molar-refractivity contribution in [1.29, 1.82) is 0 Å². The number of amides is 1. The Morgan fingerprint density at radius 3 is 2.71 bits per heavy atom. The van der Waals surface area contributed by atoms with Crippen molar-refractivity contribution >= 4 is 17.3 Å². The third-order valence-electron chi connectivity index (χ3n) is 5.06. The van der Waals surface area contributed by atoms with Crippen LogP contribution in [0.15, 0.2) is 18.2 Å². The highest BCUT2D eigenvalue weighted by molar-refractivity contribution is 5.99. The monoisotopic (exact) mass is 286 g/mol. The summed E-state index contributed by atoms with van der Waals surface area (Å²) < 4.78 is 0. The molecule has 3 heteroatoms. The van der Waals surface area contributed by atoms with E-state index in [9.17, 15) is 4.79 Å². The topological polar surface area (TPSA) is 46.3 Å². The van der Waals surface area contributed by atoms with Gasteiger partial charge >= 0.3 is 0 Å². The van der Waals surface area contributed by atoms with Gasteiger partial charge in [-0.3, -0.25) is 4.79 Å². The van der Waals surface area contributed by atoms with Gasteiger partial charge in [0.05, 0.1) is 0 Å². The summed E-state index contributed by atoms with van der Waals surface area (Å²) in [6.07, 6.45) is 6.47. The normalized spacial score (nSPS) is 20.0. The van der Waals surface area contributed by atoms with Crippen molar-refractivity contribution in [3.8, 4) is 0 Å². The predicted molar refractivity (Wildman–Crippen MR) is 87.3 cm³/mol. The Kier molecular flexibility index (Phi) is 3.68. The minimum absolute atomic E-state index is 0.114. The molecule has 1 fully saturated rings. The summed E-state index contributed by atoms with van der Waals surface area (Å²) in [5.74, 6) is 0.928. The van der Waals surface area contributed by atoms with E-state index in [4.69, 9.17) is 5.73 Å². The fourth-order valence-electron chi connectivity index (χ4n) is 4.26. The number of hydrogen-bond acceptors (Lipinski definition) is 2. The highest BCUT2D eigenvalue weighted by Gasteiger charge is 2.45. The lowest BCUT2D eigenvalue weighted by molar-refractivity contribution is -0.128. The van der Waals surface area contributed by atoms with Crippen molar-refractivity contribution in [3.05, 3.63) is 23.8 Å². The van der Waals surface area contributed by atoms with Crippen molar-refractivity contribution in [2.24, 2.45) is 11.3 Å². The number of carbonyl (C=O) groups is 1. The van der Waals surface area contributed by atoms with E-state index in [0.717, 1.165) is 43.6 Å². The number of benzene rings is 1. The zero-order valence-electron chi connectivity index (χ0n) is 13.2. The van der Waals surface area contributed by atoms with Gasteiger partial charge in [-0.2, -0.15) is 0 Å². The maximum absolute atomic E-state index is 13.2. The van der Waals surface area contributed by atoms with E-state index in [0.29, 0.717) is 11.8 Å². The standard InChI is InChI=1S/C18H26N2O/c1-13(2)12-18(8-3-4-9-18)17(21)20-10-7-14-11-15(19)5-6-16(14)20/h5-6,11,13H,3-4,7-10,12,19H2,1-2H3. The number of nitrogens with zero attached hydrogens (tertiary/aromatic N) is 1. The molecule has 1 aliphatic carbocycles. The van der Waals surface area contributed by atoms with E-state index in [1.807, 2.05) is 23.1 Å². The fraction of sp³-hybridized carbons (Fsp3) is 0.611. The summed E-state index contributed by atoms with van der Waals surface area (Å²) in [6.45, 7) is 5.27. The second kappa shape index (κ2) is 5.36. The van der Waals surface area contributed by atoms with Gasteiger partial charge in [0.2, 0.25) is 5.91 Å². The number of rotatable bonds is 3. The zero-order chi connectivity index (χ0) is 15.0. The molecule has 0 radical (unpaired) electrons. The van der Waals surface area contributed by atoms with Gasteiger partial charge in [0, 0.05) is 23.3 Å². The van der Waals surface area contributed by atoms with Crippen molar-refractivity contribution < 1.29 is 4.79 Å². The summed E-state index contributed by atoms with van der Waals surface area (Å²) in [5.41, 5.74) is 8.85. The third-order valence-corrected chi connectivity index (χ3v) is 5.06. The lowest BCUT2D eigenvalue weighted by Gasteiger charge is -2.34. The molecule has 1 saturated carbocycles. The predicted octanol–water partition coefficient (Wildman–Crippen LogP) is 3.76. The lowest BCUT2D eigenvalue weighted by atomic mass is 9.77. The quantitative estimate of drug-likeness (QED) is 0.860. The van der Waals surface area contributed by atoms with Crippen molar-refractivity contribution in [1.82, 2.24) is 0 Å². The molecule has 0 spiro atoms. The van der Waals surface area contributed by atoms with E-state index < -0.39 is 0 Å². The van der Waals surface area contributed by atoms with Crippen LogP contribution in [0.2, 0.25) is 0 Å². The van der Waals surface area contributed by atoms with Crippen LogP contribution in [-0.2, 0) is 11.2 Å². The molecule has 0 unspecified atom stereocenters. The summed E-state index contributed by atoms with van der Waals surface area (Å²) in [5, 5.41) is 0. The van der Waals surface area contributed by atoms with E-state index in [1.165, 1.54) is 18.4 Å². The van der Waals surface area contributed by atoms with Gasteiger partial charge in [0.1, 0.15) is 0 Å². The van der Waals surface area contributed by atoms with Gasteiger partial charge < -0.3 is 10.6 Å². The lowest BCUT2D eigenvalue weighted by Crippen LogP contribution is -2.42. The minimum atomic E-state index is -0.114. The molecule has 3 rings (SSSR count). The summed E-state index contributed by atoms with van der Waals surface area (Å²) >= 11 is 0. The Labute approximate surface area is 127 Å². The minimum Gasteiger partial charge on any atom is -0.399 e. The molecule has 0 saturated heterocycles. The molecule has 1 heterocycles. The van der Waals surface area contributed by atoms with Crippen molar-refractivity contribution in [2.75, 3.05) is 17.2 Å². The Balaban J connectivity index is 1.89. The molecule has 2 N–H and O–H groups in total. The molecule has 0 aromatic heterocycles. The molecule has 21 heavy (non-hydrogen) atoms. The highest BCUT2D eigenvalue weighted by Crippen LogP contribution is 2.46. The Bertz CT molecular complexity index is 544. The average Bonchev–Trinajstić information content (AvgIpc) is 3.04. The van der Waals surface area contributed by atoms with Crippen LogP contribution in [0.4, 0.5) is 11.4 Å². The van der Waals surface area contributed by atoms with Gasteiger partial charge in [-0.15, -0.1) is 0 Å². The first kappa shape index (κ1) is 14.4. The fourth-order valence-corrected chi connectivity index (χ4v) is 4.26. The first-order chi connectivity index (χ1) is 10.0. The van der Waals surface area contributed by atoms with E-state index in [1.54, 1.807) is 0 Å². The maximum atomic E-state index is 13.2. The second-order valence-electron chi connectivity index (χ2n) is 7.18. The van der Waals surface area contributed by atoms with Crippen LogP contribution in [0.3, 0.4) is 0 Å². The summed E-state index contributed by atoms with van der Waals surface area (Å²) in [6, 6.07) is 5.95. The highest BCUT2D eigenvalue weighted by atomic mass is 16.2. The van der Waals surface area contributed by atoms with Crippen LogP contribution in [0.25, 0.3) is 0 Å². The number of nitrogens with two attached hydrogens (primary N) is 1. The van der Waals surface area contributed by atoms with Gasteiger partial charge in [-0.05, 0) is 55.4 Å². The number of carbonyl (C=O) groups excluding carboxylic acids is 1. The molecule has 1 aliphatic heterocycles. The molecule has 3 nitrogen and oxygen atoms in total. The number of nitrogen functional groups attached to an aromatic ring is 1. The Morgan fingerprint density at radius 2 is 2.05 bits per heavy atom. The van der Waals surface area contributed by atoms with Crippen LogP contribution in [0, 0.1) is 11.3 Å². The van der Waals surface area contributed by atoms with E-state index in [2.05, 4.69) is 13.8 Å². The SMILES string of the molecule is CC(C)CC1(C(=O)N2CCc3cc(N)ccc32)CCCC1. The summed E-state index contributed by atoms with van der Waals surface area (Å²) in [4.78, 5) is 15.3. The van der Waals surface area contributed by atoms with Gasteiger partial charge in [-0.25, -0.2) is 0 Å². The molecule has 114 valence electrons. The van der Waals surface area contributed by atoms with Crippen LogP contribution in [-0.4, -0.2) is 12.5 Å². The van der Waals surface area contributed by atoms with Crippen molar-refractivity contribution in [3.63, 3.8) is 0 Å². The van der Waals surface area contributed by atoms with E-state index >= 15 is 0 Å². The molecule has 0 bridgehead atoms. The van der Waals surface area contributed by atoms with E-state index in [-0.39, 0.29) is 5.41 Å². The number of fused-ring (bicyclic) bond motifs is 1. The number of anilines is 2. The first-order valence-corrected chi connectivity index (χ1v) is 8.22. The average molecular weight is 286 g/mol. The molecule has 0 atom stereocenters. The van der Waals surface area contributed by atoms with Crippen molar-refractivity contribution in [2.45, 2.75) is 52.4 Å². The Hall–Kier alpha value is -1.51. The van der Waals surface area contributed by atoms with Gasteiger partial charge in [0.25, 0.3) is 0 Å². The number of hydrogen-bond donors (Lipinski definition) is 1. The second-order valence-corrected chi connectivity index (χ2v) is 7.18. The maximum Gasteiger partial charge on any atom is 0.233 e. The summed E-state index contributed by atoms with van der Waals surface area (Å²) in [7, 11) is 0. The first-order valence-electron chi connectivity index (χ1n) is 8.22. The Morgan fingerprint density at radius 1 is 1.33 bits per heavy atom. The van der Waals surface area contributed by atoms with Crippen LogP contribution < -0.4 is 10.6 Å². The molecule has 1 aromatic carbocycles. The smallest absolute Gasteiger partial charge is 0.233 e. The molecular formula is C18H26N2O. The van der Waals surface area contributed by atoms with Crippen LogP contribution in [0.1, 0.15) is 51.5 Å². The molecular weight excluding hydrogens is 260 g/mol. The van der Waals surface area contributed by atoms with Crippen LogP contribution in [0.5, 0.6) is 0 Å². The largest absolute Gasteiger partial charge is 0.399 e.